The quantitative estimate of drug-likeness (QED) is 0.677. The van der Waals surface area contributed by atoms with E-state index >= 15 is 0 Å². The van der Waals surface area contributed by atoms with Crippen LogP contribution in [0.1, 0.15) is 42.9 Å². The van der Waals surface area contributed by atoms with Crippen molar-refractivity contribution < 1.29 is 0 Å². The second-order valence-electron chi connectivity index (χ2n) is 6.62. The maximum atomic E-state index is 9.70. The zero-order valence-corrected chi connectivity index (χ0v) is 14.3. The molecule has 0 saturated heterocycles. The van der Waals surface area contributed by atoms with Crippen molar-refractivity contribution in [3.05, 3.63) is 41.0 Å². The predicted molar refractivity (Wildman–Crippen MR) is 97.6 cm³/mol. The Morgan fingerprint density at radius 1 is 1.25 bits per heavy atom. The van der Waals surface area contributed by atoms with Gasteiger partial charge < -0.3 is 4.90 Å². The molecule has 0 fully saturated rings. The number of nitriles is 1. The Morgan fingerprint density at radius 3 is 2.88 bits per heavy atom. The van der Waals surface area contributed by atoms with Gasteiger partial charge in [0.1, 0.15) is 11.9 Å². The zero-order valence-electron chi connectivity index (χ0n) is 14.3. The van der Waals surface area contributed by atoms with Crippen LogP contribution in [0.2, 0.25) is 0 Å². The molecule has 0 aliphatic carbocycles. The van der Waals surface area contributed by atoms with Crippen LogP contribution in [0.3, 0.4) is 0 Å². The minimum Gasteiger partial charge on any atom is -0.357 e. The molecule has 122 valence electrons. The Labute approximate surface area is 142 Å². The first kappa shape index (κ1) is 15.0. The van der Waals surface area contributed by atoms with E-state index in [0.29, 0.717) is 0 Å². The van der Waals surface area contributed by atoms with Crippen molar-refractivity contribution in [3.63, 3.8) is 0 Å². The predicted octanol–water partition coefficient (Wildman–Crippen LogP) is 4.22. The average molecular weight is 318 g/mol. The fraction of sp³-hybridized carbons (Fsp3) is 0.400. The molecule has 4 rings (SSSR count). The normalized spacial score (nSPS) is 13.6. The molecule has 0 N–H and O–H groups in total. The summed E-state index contributed by atoms with van der Waals surface area (Å²) >= 11 is 0. The summed E-state index contributed by atoms with van der Waals surface area (Å²) in [7, 11) is 0. The standard InChI is InChI=1S/C20H22N4/c1-3-4-7-11-23-12-10-15-14(2)16(13-21)19-22-17-8-5-6-9-18(17)24(19)20(15)23/h5-6,8-9H,3-4,7,10-12H2,1-2H3. The van der Waals surface area contributed by atoms with E-state index in [9.17, 15) is 5.26 Å². The van der Waals surface area contributed by atoms with Crippen molar-refractivity contribution in [1.29, 1.82) is 5.26 Å². The summed E-state index contributed by atoms with van der Waals surface area (Å²) in [6, 6.07) is 10.6. The average Bonchev–Trinajstić information content (AvgIpc) is 3.17. The summed E-state index contributed by atoms with van der Waals surface area (Å²) in [5.41, 5.74) is 6.01. The molecule has 4 heteroatoms. The second kappa shape index (κ2) is 5.83. The Morgan fingerprint density at radius 2 is 2.08 bits per heavy atom. The number of rotatable bonds is 4. The summed E-state index contributed by atoms with van der Waals surface area (Å²) in [4.78, 5) is 7.26. The number of aromatic nitrogens is 2. The van der Waals surface area contributed by atoms with E-state index < -0.39 is 0 Å². The fourth-order valence-electron chi connectivity index (χ4n) is 3.92. The van der Waals surface area contributed by atoms with Crippen molar-refractivity contribution in [2.45, 2.75) is 39.5 Å². The first-order chi connectivity index (χ1) is 11.8. The molecule has 0 radical (unpaired) electrons. The van der Waals surface area contributed by atoms with Gasteiger partial charge >= 0.3 is 0 Å². The van der Waals surface area contributed by atoms with Crippen LogP contribution in [0.25, 0.3) is 16.7 Å². The number of benzene rings is 1. The molecular weight excluding hydrogens is 296 g/mol. The summed E-state index contributed by atoms with van der Waals surface area (Å²) in [5.74, 6) is 1.26. The molecule has 1 aliphatic rings. The van der Waals surface area contributed by atoms with Gasteiger partial charge in [0.25, 0.3) is 0 Å². The van der Waals surface area contributed by atoms with Crippen LogP contribution in [0.4, 0.5) is 5.82 Å². The first-order valence-electron chi connectivity index (χ1n) is 8.84. The number of hydrogen-bond donors (Lipinski definition) is 0. The van der Waals surface area contributed by atoms with E-state index in [0.717, 1.165) is 47.3 Å². The zero-order chi connectivity index (χ0) is 16.7. The number of anilines is 1. The molecule has 3 heterocycles. The number of unbranched alkanes of at least 4 members (excludes halogenated alkanes) is 2. The van der Waals surface area contributed by atoms with Gasteiger partial charge in [-0.2, -0.15) is 5.26 Å². The van der Waals surface area contributed by atoms with Gasteiger partial charge in [-0.3, -0.25) is 4.40 Å². The molecule has 0 spiro atoms. The highest BCUT2D eigenvalue weighted by atomic mass is 15.3. The van der Waals surface area contributed by atoms with Crippen LogP contribution in [0.5, 0.6) is 0 Å². The minimum absolute atomic E-state index is 0.723. The van der Waals surface area contributed by atoms with E-state index in [1.165, 1.54) is 30.6 Å². The third kappa shape index (κ3) is 2.08. The van der Waals surface area contributed by atoms with Crippen LogP contribution in [-0.2, 0) is 6.42 Å². The summed E-state index contributed by atoms with van der Waals surface area (Å²) in [6.07, 6.45) is 4.72. The van der Waals surface area contributed by atoms with Crippen molar-refractivity contribution >= 4 is 22.5 Å². The fourth-order valence-corrected chi connectivity index (χ4v) is 3.92. The van der Waals surface area contributed by atoms with Gasteiger partial charge in [-0.25, -0.2) is 4.98 Å². The second-order valence-corrected chi connectivity index (χ2v) is 6.62. The number of nitrogens with zero attached hydrogens (tertiary/aromatic N) is 4. The molecule has 3 aromatic rings. The highest BCUT2D eigenvalue weighted by Crippen LogP contribution is 2.37. The van der Waals surface area contributed by atoms with Gasteiger partial charge in [0, 0.05) is 13.1 Å². The lowest BCUT2D eigenvalue weighted by Crippen LogP contribution is -2.23. The largest absolute Gasteiger partial charge is 0.357 e. The topological polar surface area (TPSA) is 44.3 Å². The molecule has 0 unspecified atom stereocenters. The molecule has 0 atom stereocenters. The Hall–Kier alpha value is -2.54. The van der Waals surface area contributed by atoms with E-state index in [4.69, 9.17) is 4.98 Å². The van der Waals surface area contributed by atoms with Gasteiger partial charge in [0.15, 0.2) is 5.65 Å². The maximum absolute atomic E-state index is 9.70. The molecule has 24 heavy (non-hydrogen) atoms. The molecular formula is C20H22N4. The third-order valence-corrected chi connectivity index (χ3v) is 5.17. The van der Waals surface area contributed by atoms with Crippen molar-refractivity contribution in [1.82, 2.24) is 9.38 Å². The van der Waals surface area contributed by atoms with Gasteiger partial charge in [-0.05, 0) is 43.0 Å². The lowest BCUT2D eigenvalue weighted by Gasteiger charge is -2.21. The molecule has 1 aliphatic heterocycles. The van der Waals surface area contributed by atoms with E-state index in [-0.39, 0.29) is 0 Å². The van der Waals surface area contributed by atoms with E-state index in [1.54, 1.807) is 0 Å². The molecule has 1 aromatic carbocycles. The van der Waals surface area contributed by atoms with Gasteiger partial charge in [-0.1, -0.05) is 31.9 Å². The SMILES string of the molecule is CCCCCN1CCc2c(C)c(C#N)c3nc4ccccc4n3c21. The van der Waals surface area contributed by atoms with Crippen LogP contribution in [0.15, 0.2) is 24.3 Å². The number of pyridine rings is 1. The first-order valence-corrected chi connectivity index (χ1v) is 8.84. The van der Waals surface area contributed by atoms with Gasteiger partial charge in [0.2, 0.25) is 0 Å². The summed E-state index contributed by atoms with van der Waals surface area (Å²) < 4.78 is 2.22. The Bertz CT molecular complexity index is 961. The molecule has 0 bridgehead atoms. The number of para-hydroxylation sites is 2. The molecule has 4 nitrogen and oxygen atoms in total. The maximum Gasteiger partial charge on any atom is 0.157 e. The summed E-state index contributed by atoms with van der Waals surface area (Å²) in [6.45, 7) is 6.43. The van der Waals surface area contributed by atoms with Crippen molar-refractivity contribution in [2.75, 3.05) is 18.0 Å². The number of fused-ring (bicyclic) bond motifs is 5. The van der Waals surface area contributed by atoms with E-state index in [1.807, 2.05) is 18.2 Å². The van der Waals surface area contributed by atoms with Crippen molar-refractivity contribution in [3.8, 4) is 6.07 Å². The lowest BCUT2D eigenvalue weighted by atomic mass is 10.0. The van der Waals surface area contributed by atoms with Crippen LogP contribution < -0.4 is 4.90 Å². The van der Waals surface area contributed by atoms with Crippen molar-refractivity contribution in [2.24, 2.45) is 0 Å². The molecule has 0 saturated carbocycles. The van der Waals surface area contributed by atoms with Gasteiger partial charge in [0.05, 0.1) is 16.6 Å². The highest BCUT2D eigenvalue weighted by Gasteiger charge is 2.28. The summed E-state index contributed by atoms with van der Waals surface area (Å²) in [5, 5.41) is 9.70. The van der Waals surface area contributed by atoms with E-state index in [2.05, 4.69) is 35.3 Å². The molecule has 0 amide bonds. The van der Waals surface area contributed by atoms with Gasteiger partial charge in [-0.15, -0.1) is 0 Å². The lowest BCUT2D eigenvalue weighted by molar-refractivity contribution is 0.684. The molecule has 2 aromatic heterocycles. The van der Waals surface area contributed by atoms with Crippen LogP contribution >= 0.6 is 0 Å². The Balaban J connectivity index is 2.00. The van der Waals surface area contributed by atoms with Crippen LogP contribution in [-0.4, -0.2) is 22.5 Å². The Kier molecular flexibility index (Phi) is 3.65. The highest BCUT2D eigenvalue weighted by molar-refractivity contribution is 5.86. The number of imidazole rings is 1. The number of hydrogen-bond acceptors (Lipinski definition) is 3. The monoisotopic (exact) mass is 318 g/mol. The van der Waals surface area contributed by atoms with Crippen LogP contribution in [0, 0.1) is 18.3 Å². The third-order valence-electron chi connectivity index (χ3n) is 5.17. The smallest absolute Gasteiger partial charge is 0.157 e. The minimum atomic E-state index is 0.723.